The molecule has 0 saturated carbocycles. The Kier molecular flexibility index (Phi) is 2.88. The molecular weight excluding hydrogens is 258 g/mol. The zero-order valence-corrected chi connectivity index (χ0v) is 11.2. The predicted octanol–water partition coefficient (Wildman–Crippen LogP) is 4.11. The number of para-hydroxylation sites is 1. The predicted molar refractivity (Wildman–Crippen MR) is 80.3 cm³/mol. The fourth-order valence-electron chi connectivity index (χ4n) is 2.47. The molecule has 0 aliphatic rings. The molecule has 0 saturated heterocycles. The number of nitrogens with zero attached hydrogens (tertiary/aromatic N) is 1. The summed E-state index contributed by atoms with van der Waals surface area (Å²) < 4.78 is 2.16. The molecule has 3 rings (SSSR count). The lowest BCUT2D eigenvalue weighted by atomic mass is 10.1. The number of aromatic nitrogens is 1. The number of aryl methyl sites for hydroxylation is 1. The van der Waals surface area contributed by atoms with Crippen molar-refractivity contribution < 1.29 is 4.79 Å². The third-order valence-electron chi connectivity index (χ3n) is 3.40. The first-order valence-electron chi connectivity index (χ1n) is 6.01. The summed E-state index contributed by atoms with van der Waals surface area (Å²) in [6.07, 6.45) is 2.07. The summed E-state index contributed by atoms with van der Waals surface area (Å²) in [5.41, 5.74) is 3.20. The van der Waals surface area contributed by atoms with E-state index >= 15 is 0 Å². The summed E-state index contributed by atoms with van der Waals surface area (Å²) in [6, 6.07) is 14.2. The first-order valence-corrected chi connectivity index (χ1v) is 6.38. The van der Waals surface area contributed by atoms with Crippen molar-refractivity contribution in [1.29, 1.82) is 0 Å². The van der Waals surface area contributed by atoms with Crippen LogP contribution in [0.1, 0.15) is 5.56 Å². The summed E-state index contributed by atoms with van der Waals surface area (Å²) >= 11 is 6.09. The number of halogens is 1. The maximum atomic E-state index is 10.5. The fourth-order valence-corrected chi connectivity index (χ4v) is 2.64. The second-order valence-electron chi connectivity index (χ2n) is 4.46. The molecule has 0 aliphatic heterocycles. The van der Waals surface area contributed by atoms with Gasteiger partial charge in [0, 0.05) is 28.9 Å². The third kappa shape index (κ3) is 1.85. The highest BCUT2D eigenvalue weighted by molar-refractivity contribution is 6.49. The molecule has 2 nitrogen and oxygen atoms in total. The Hall–Kier alpha value is -2.06. The van der Waals surface area contributed by atoms with Gasteiger partial charge >= 0.3 is 0 Å². The third-order valence-corrected chi connectivity index (χ3v) is 3.75. The number of hydrogen-bond donors (Lipinski definition) is 0. The van der Waals surface area contributed by atoms with Crippen LogP contribution >= 0.6 is 11.6 Å². The van der Waals surface area contributed by atoms with Gasteiger partial charge in [0.2, 0.25) is 0 Å². The van der Waals surface area contributed by atoms with Gasteiger partial charge in [-0.25, -0.2) is 0 Å². The SMILES string of the molecule is Cn1c2ccccc2c2cc(/C(Cl)=C/C=O)ccc21. The van der Waals surface area contributed by atoms with Gasteiger partial charge < -0.3 is 4.57 Å². The molecular formula is C16H12ClNO. The molecule has 0 unspecified atom stereocenters. The number of carbonyl (C=O) groups excluding carboxylic acids is 1. The van der Waals surface area contributed by atoms with E-state index in [2.05, 4.69) is 16.7 Å². The topological polar surface area (TPSA) is 22.0 Å². The molecule has 0 fully saturated rings. The van der Waals surface area contributed by atoms with Crippen molar-refractivity contribution in [2.24, 2.45) is 7.05 Å². The highest BCUT2D eigenvalue weighted by Gasteiger charge is 2.08. The monoisotopic (exact) mass is 269 g/mol. The quantitative estimate of drug-likeness (QED) is 0.507. The van der Waals surface area contributed by atoms with Gasteiger partial charge in [-0.3, -0.25) is 4.79 Å². The van der Waals surface area contributed by atoms with Crippen LogP contribution in [0.3, 0.4) is 0 Å². The van der Waals surface area contributed by atoms with Gasteiger partial charge in [0.25, 0.3) is 0 Å². The summed E-state index contributed by atoms with van der Waals surface area (Å²) in [5.74, 6) is 0. The number of aldehydes is 1. The van der Waals surface area contributed by atoms with Crippen LogP contribution in [-0.2, 0) is 11.8 Å². The van der Waals surface area contributed by atoms with Gasteiger partial charge in [-0.05, 0) is 29.8 Å². The van der Waals surface area contributed by atoms with Crippen LogP contribution in [0.5, 0.6) is 0 Å². The van der Waals surface area contributed by atoms with E-state index in [4.69, 9.17) is 11.6 Å². The highest BCUT2D eigenvalue weighted by Crippen LogP contribution is 2.31. The largest absolute Gasteiger partial charge is 0.344 e. The van der Waals surface area contributed by atoms with Gasteiger partial charge in [0.15, 0.2) is 0 Å². The molecule has 0 bridgehead atoms. The Morgan fingerprint density at radius 2 is 1.84 bits per heavy atom. The summed E-state index contributed by atoms with van der Waals surface area (Å²) in [5, 5.41) is 2.80. The van der Waals surface area contributed by atoms with E-state index in [0.29, 0.717) is 11.3 Å². The molecule has 3 aromatic rings. The fraction of sp³-hybridized carbons (Fsp3) is 0.0625. The second kappa shape index (κ2) is 4.56. The standard InChI is InChI=1S/C16H12ClNO/c1-18-15-5-3-2-4-12(15)13-10-11(6-7-16(13)18)14(17)8-9-19/h2-10H,1H3/b14-8-. The van der Waals surface area contributed by atoms with Crippen LogP contribution in [0, 0.1) is 0 Å². The molecule has 0 aliphatic carbocycles. The summed E-state index contributed by atoms with van der Waals surface area (Å²) in [6.45, 7) is 0. The van der Waals surface area contributed by atoms with Gasteiger partial charge in [-0.15, -0.1) is 0 Å². The van der Waals surface area contributed by atoms with E-state index in [0.717, 1.165) is 16.5 Å². The van der Waals surface area contributed by atoms with Crippen LogP contribution in [0.25, 0.3) is 26.8 Å². The van der Waals surface area contributed by atoms with Gasteiger partial charge in [-0.1, -0.05) is 35.9 Å². The average Bonchev–Trinajstić information content (AvgIpc) is 2.73. The zero-order chi connectivity index (χ0) is 13.4. The lowest BCUT2D eigenvalue weighted by Crippen LogP contribution is -1.86. The van der Waals surface area contributed by atoms with E-state index in [1.165, 1.54) is 17.0 Å². The van der Waals surface area contributed by atoms with Crippen LogP contribution in [-0.4, -0.2) is 10.9 Å². The number of fused-ring (bicyclic) bond motifs is 3. The lowest BCUT2D eigenvalue weighted by Gasteiger charge is -2.00. The van der Waals surface area contributed by atoms with Crippen LogP contribution in [0.2, 0.25) is 0 Å². The summed E-state index contributed by atoms with van der Waals surface area (Å²) in [4.78, 5) is 10.5. The van der Waals surface area contributed by atoms with E-state index in [9.17, 15) is 4.79 Å². The molecule has 0 atom stereocenters. The van der Waals surface area contributed by atoms with Crippen LogP contribution < -0.4 is 0 Å². The van der Waals surface area contributed by atoms with E-state index < -0.39 is 0 Å². The molecule has 2 aromatic carbocycles. The normalized spacial score (nSPS) is 12.2. The molecule has 1 aromatic heterocycles. The van der Waals surface area contributed by atoms with Gasteiger partial charge in [0.05, 0.1) is 5.03 Å². The van der Waals surface area contributed by atoms with Crippen molar-refractivity contribution in [2.75, 3.05) is 0 Å². The molecule has 3 heteroatoms. The Labute approximate surface area is 115 Å². The molecule has 94 valence electrons. The number of benzene rings is 2. The number of carbonyl (C=O) groups is 1. The average molecular weight is 270 g/mol. The molecule has 1 heterocycles. The van der Waals surface area contributed by atoms with Crippen molar-refractivity contribution in [1.82, 2.24) is 4.57 Å². The molecule has 19 heavy (non-hydrogen) atoms. The van der Waals surface area contributed by atoms with Crippen molar-refractivity contribution in [3.8, 4) is 0 Å². The van der Waals surface area contributed by atoms with Crippen LogP contribution in [0.15, 0.2) is 48.5 Å². The Morgan fingerprint density at radius 3 is 2.63 bits per heavy atom. The minimum atomic E-state index is 0.463. The molecule has 0 spiro atoms. The maximum absolute atomic E-state index is 10.5. The number of rotatable bonds is 2. The second-order valence-corrected chi connectivity index (χ2v) is 4.87. The van der Waals surface area contributed by atoms with Crippen molar-refractivity contribution in [2.45, 2.75) is 0 Å². The Bertz CT molecular complexity index is 814. The number of hydrogen-bond acceptors (Lipinski definition) is 1. The molecule has 0 N–H and O–H groups in total. The smallest absolute Gasteiger partial charge is 0.144 e. The minimum Gasteiger partial charge on any atom is -0.344 e. The zero-order valence-electron chi connectivity index (χ0n) is 10.4. The van der Waals surface area contributed by atoms with E-state index in [1.807, 2.05) is 37.4 Å². The van der Waals surface area contributed by atoms with Crippen LogP contribution in [0.4, 0.5) is 0 Å². The van der Waals surface area contributed by atoms with Crippen molar-refractivity contribution in [3.05, 3.63) is 54.1 Å². The van der Waals surface area contributed by atoms with Crippen molar-refractivity contribution >= 4 is 44.7 Å². The molecule has 0 amide bonds. The summed E-state index contributed by atoms with van der Waals surface area (Å²) in [7, 11) is 2.05. The first kappa shape index (κ1) is 12.0. The van der Waals surface area contributed by atoms with Gasteiger partial charge in [0.1, 0.15) is 6.29 Å². The Morgan fingerprint density at radius 1 is 1.11 bits per heavy atom. The maximum Gasteiger partial charge on any atom is 0.144 e. The van der Waals surface area contributed by atoms with E-state index in [1.54, 1.807) is 0 Å². The highest BCUT2D eigenvalue weighted by atomic mass is 35.5. The van der Waals surface area contributed by atoms with E-state index in [-0.39, 0.29) is 0 Å². The lowest BCUT2D eigenvalue weighted by molar-refractivity contribution is -0.104. The first-order chi connectivity index (χ1) is 9.22. The minimum absolute atomic E-state index is 0.463. The Balaban J connectivity index is 2.37. The van der Waals surface area contributed by atoms with Gasteiger partial charge in [-0.2, -0.15) is 0 Å². The van der Waals surface area contributed by atoms with Crippen molar-refractivity contribution in [3.63, 3.8) is 0 Å². The number of allylic oxidation sites excluding steroid dienone is 1. The molecule has 0 radical (unpaired) electrons.